The van der Waals surface area contributed by atoms with E-state index in [9.17, 15) is 24.3 Å². The SMILES string of the molecule is COc1ccc(C2NC(Cc3c[nH]c4ccccc34)(C(=O)O)C3C(=O)N(c4ccc(C(C)=O)cc4)C(=O)C23)c2ccccc12. The van der Waals surface area contributed by atoms with Gasteiger partial charge in [-0.2, -0.15) is 0 Å². The van der Waals surface area contributed by atoms with Gasteiger partial charge in [-0.15, -0.1) is 0 Å². The zero-order valence-electron chi connectivity index (χ0n) is 24.0. The maximum absolute atomic E-state index is 14.4. The summed E-state index contributed by atoms with van der Waals surface area (Å²) in [6.45, 7) is 1.44. The van der Waals surface area contributed by atoms with Crippen molar-refractivity contribution in [3.8, 4) is 5.75 Å². The number of nitrogens with zero attached hydrogens (tertiary/aromatic N) is 1. The predicted octanol–water partition coefficient (Wildman–Crippen LogP) is 5.05. The van der Waals surface area contributed by atoms with E-state index in [0.717, 1.165) is 32.1 Å². The summed E-state index contributed by atoms with van der Waals surface area (Å²) < 4.78 is 5.59. The number of aliphatic carboxylic acids is 1. The van der Waals surface area contributed by atoms with E-state index < -0.39 is 41.2 Å². The molecule has 0 aliphatic carbocycles. The first kappa shape index (κ1) is 27.5. The van der Waals surface area contributed by atoms with Crippen LogP contribution in [0.3, 0.4) is 0 Å². The van der Waals surface area contributed by atoms with E-state index in [-0.39, 0.29) is 12.2 Å². The quantitative estimate of drug-likeness (QED) is 0.180. The molecule has 220 valence electrons. The number of anilines is 1. The third-order valence-electron chi connectivity index (χ3n) is 9.18. The Morgan fingerprint density at radius 2 is 1.57 bits per heavy atom. The second kappa shape index (κ2) is 10.2. The zero-order chi connectivity index (χ0) is 30.7. The molecule has 2 amide bonds. The van der Waals surface area contributed by atoms with Gasteiger partial charge in [0.1, 0.15) is 11.3 Å². The van der Waals surface area contributed by atoms with Gasteiger partial charge in [0, 0.05) is 40.5 Å². The molecule has 3 N–H and O–H groups in total. The number of carboxylic acid groups (broad SMARTS) is 1. The lowest BCUT2D eigenvalue weighted by Gasteiger charge is -2.31. The number of nitrogens with one attached hydrogen (secondary N) is 2. The molecule has 3 heterocycles. The number of methoxy groups -OCH3 is 1. The molecule has 0 radical (unpaired) electrons. The number of aromatic nitrogens is 1. The number of para-hydroxylation sites is 1. The van der Waals surface area contributed by atoms with Crippen LogP contribution in [0.2, 0.25) is 0 Å². The Balaban J connectivity index is 1.42. The second-order valence-corrected chi connectivity index (χ2v) is 11.5. The Morgan fingerprint density at radius 1 is 0.886 bits per heavy atom. The molecule has 0 saturated carbocycles. The van der Waals surface area contributed by atoms with E-state index in [1.807, 2.05) is 54.6 Å². The first-order valence-electron chi connectivity index (χ1n) is 14.4. The van der Waals surface area contributed by atoms with Crippen LogP contribution in [0.5, 0.6) is 5.75 Å². The number of carbonyl (C=O) groups excluding carboxylic acids is 3. The summed E-state index contributed by atoms with van der Waals surface area (Å²) >= 11 is 0. The van der Waals surface area contributed by atoms with Crippen molar-refractivity contribution in [2.24, 2.45) is 11.8 Å². The minimum atomic E-state index is -1.80. The lowest BCUT2D eigenvalue weighted by molar-refractivity contribution is -0.148. The predicted molar refractivity (Wildman–Crippen MR) is 165 cm³/mol. The first-order chi connectivity index (χ1) is 21.2. The highest BCUT2D eigenvalue weighted by atomic mass is 16.5. The summed E-state index contributed by atoms with van der Waals surface area (Å²) in [6, 6.07) is 24.2. The van der Waals surface area contributed by atoms with Crippen molar-refractivity contribution in [3.63, 3.8) is 0 Å². The molecule has 44 heavy (non-hydrogen) atoms. The largest absolute Gasteiger partial charge is 0.496 e. The van der Waals surface area contributed by atoms with Crippen LogP contribution in [0.15, 0.2) is 91.1 Å². The van der Waals surface area contributed by atoms with E-state index in [4.69, 9.17) is 4.74 Å². The van der Waals surface area contributed by atoms with Crippen LogP contribution in [0.4, 0.5) is 5.69 Å². The number of carbonyl (C=O) groups is 4. The van der Waals surface area contributed by atoms with E-state index in [1.54, 1.807) is 43.6 Å². The van der Waals surface area contributed by atoms with Gasteiger partial charge in [-0.25, -0.2) is 4.90 Å². The van der Waals surface area contributed by atoms with Gasteiger partial charge in [-0.3, -0.25) is 24.5 Å². The molecule has 2 fully saturated rings. The highest BCUT2D eigenvalue weighted by Gasteiger charge is 2.68. The Kier molecular flexibility index (Phi) is 6.37. The van der Waals surface area contributed by atoms with Gasteiger partial charge in [0.05, 0.1) is 24.6 Å². The average Bonchev–Trinajstić information content (AvgIpc) is 3.68. The summed E-state index contributed by atoms with van der Waals surface area (Å²) in [5.74, 6) is -4.02. The monoisotopic (exact) mass is 587 g/mol. The fourth-order valence-corrected chi connectivity index (χ4v) is 7.13. The number of fused-ring (bicyclic) bond motifs is 3. The van der Waals surface area contributed by atoms with E-state index in [0.29, 0.717) is 22.6 Å². The molecule has 4 atom stereocenters. The molecule has 4 aromatic carbocycles. The second-order valence-electron chi connectivity index (χ2n) is 11.5. The molecular weight excluding hydrogens is 558 g/mol. The number of amides is 2. The molecule has 9 heteroatoms. The normalized spacial score (nSPS) is 23.0. The maximum atomic E-state index is 14.4. The van der Waals surface area contributed by atoms with Gasteiger partial charge < -0.3 is 14.8 Å². The van der Waals surface area contributed by atoms with Crippen LogP contribution in [-0.4, -0.2) is 46.3 Å². The summed E-state index contributed by atoms with van der Waals surface area (Å²) in [7, 11) is 1.58. The van der Waals surface area contributed by atoms with Crippen LogP contribution >= 0.6 is 0 Å². The zero-order valence-corrected chi connectivity index (χ0v) is 24.0. The topological polar surface area (TPSA) is 129 Å². The average molecular weight is 588 g/mol. The van der Waals surface area contributed by atoms with Crippen LogP contribution in [0.1, 0.15) is 34.5 Å². The molecule has 9 nitrogen and oxygen atoms in total. The van der Waals surface area contributed by atoms with Crippen molar-refractivity contribution >= 4 is 50.9 Å². The molecular formula is C35H29N3O6. The van der Waals surface area contributed by atoms with Crippen molar-refractivity contribution in [3.05, 3.63) is 108 Å². The fourth-order valence-electron chi connectivity index (χ4n) is 7.13. The molecule has 7 rings (SSSR count). The van der Waals surface area contributed by atoms with Crippen LogP contribution in [0.25, 0.3) is 21.7 Å². The number of hydrogen-bond donors (Lipinski definition) is 3. The number of rotatable bonds is 7. The molecule has 2 aliphatic heterocycles. The van der Waals surface area contributed by atoms with Crippen molar-refractivity contribution in [1.82, 2.24) is 10.3 Å². The third-order valence-corrected chi connectivity index (χ3v) is 9.18. The fraction of sp³-hybridized carbons (Fsp3) is 0.200. The van der Waals surface area contributed by atoms with Crippen molar-refractivity contribution < 1.29 is 29.0 Å². The summed E-state index contributed by atoms with van der Waals surface area (Å²) in [5, 5.41) is 16.8. The number of aromatic amines is 1. The third kappa shape index (κ3) is 3.96. The van der Waals surface area contributed by atoms with Gasteiger partial charge >= 0.3 is 5.97 Å². The van der Waals surface area contributed by atoms with Gasteiger partial charge in [0.2, 0.25) is 11.8 Å². The number of imide groups is 1. The molecule has 2 saturated heterocycles. The molecule has 2 aliphatic rings. The number of ether oxygens (including phenoxy) is 1. The van der Waals surface area contributed by atoms with Crippen LogP contribution in [-0.2, 0) is 20.8 Å². The van der Waals surface area contributed by atoms with Gasteiger partial charge in [-0.1, -0.05) is 48.5 Å². The van der Waals surface area contributed by atoms with Crippen LogP contribution < -0.4 is 15.0 Å². The highest BCUT2D eigenvalue weighted by Crippen LogP contribution is 2.52. The van der Waals surface area contributed by atoms with E-state index in [1.165, 1.54) is 6.92 Å². The lowest BCUT2D eigenvalue weighted by Crippen LogP contribution is -2.57. The molecule has 4 unspecified atom stereocenters. The molecule has 0 spiro atoms. The Bertz CT molecular complexity index is 2000. The number of Topliss-reactive ketones (excluding diaryl/α,β-unsaturated/α-hetero) is 1. The van der Waals surface area contributed by atoms with Gasteiger partial charge in [-0.05, 0) is 59.8 Å². The van der Waals surface area contributed by atoms with Crippen molar-refractivity contribution in [2.75, 3.05) is 12.0 Å². The lowest BCUT2D eigenvalue weighted by atomic mass is 9.76. The van der Waals surface area contributed by atoms with Crippen LogP contribution in [0, 0.1) is 11.8 Å². The van der Waals surface area contributed by atoms with Gasteiger partial charge in [0.15, 0.2) is 5.78 Å². The Hall–Kier alpha value is -5.28. The first-order valence-corrected chi connectivity index (χ1v) is 14.4. The molecule has 5 aromatic rings. The van der Waals surface area contributed by atoms with Crippen molar-refractivity contribution in [1.29, 1.82) is 0 Å². The number of H-pyrrole nitrogens is 1. The summed E-state index contributed by atoms with van der Waals surface area (Å²) in [4.78, 5) is 58.4. The summed E-state index contributed by atoms with van der Waals surface area (Å²) in [5.41, 5.74) is 1.20. The smallest absolute Gasteiger partial charge is 0.325 e. The Morgan fingerprint density at radius 3 is 2.25 bits per heavy atom. The number of benzene rings is 4. The van der Waals surface area contributed by atoms with Crippen molar-refractivity contribution in [2.45, 2.75) is 24.9 Å². The number of ketones is 1. The summed E-state index contributed by atoms with van der Waals surface area (Å²) in [6.07, 6.45) is 1.73. The minimum Gasteiger partial charge on any atom is -0.496 e. The molecule has 1 aromatic heterocycles. The Labute approximate surface area is 252 Å². The minimum absolute atomic E-state index is 0.0335. The number of carboxylic acids is 1. The standard InChI is InChI=1S/C35H29N3O6/c1-19(39)20-11-13-22(14-12-20)38-32(40)29-30(33(38)41)35(34(42)43,17-21-18-36-27-10-6-5-7-23(21)27)37-31(29)26-15-16-28(44-2)25-9-4-3-8-24(25)26/h3-16,18,29-31,36-37H,17H2,1-2H3,(H,42,43). The number of hydrogen-bond acceptors (Lipinski definition) is 6. The highest BCUT2D eigenvalue weighted by molar-refractivity contribution is 6.24. The van der Waals surface area contributed by atoms with E-state index in [2.05, 4.69) is 10.3 Å². The van der Waals surface area contributed by atoms with Gasteiger partial charge in [0.25, 0.3) is 0 Å². The maximum Gasteiger partial charge on any atom is 0.325 e. The van der Waals surface area contributed by atoms with E-state index >= 15 is 0 Å². The molecule has 0 bridgehead atoms.